The van der Waals surface area contributed by atoms with Crippen molar-refractivity contribution in [3.8, 4) is 11.5 Å². The van der Waals surface area contributed by atoms with Gasteiger partial charge < -0.3 is 18.9 Å². The van der Waals surface area contributed by atoms with Crippen LogP contribution in [0, 0.1) is 0 Å². The fraction of sp³-hybridized carbons (Fsp3) is 0.421. The zero-order chi connectivity index (χ0) is 16.6. The second-order valence-electron chi connectivity index (χ2n) is 6.12. The Morgan fingerprint density at radius 2 is 1.83 bits per heavy atom. The van der Waals surface area contributed by atoms with Gasteiger partial charge in [-0.05, 0) is 29.7 Å². The van der Waals surface area contributed by atoms with Gasteiger partial charge in [0.05, 0.1) is 33.0 Å². The van der Waals surface area contributed by atoms with E-state index in [1.54, 1.807) is 14.2 Å². The van der Waals surface area contributed by atoms with Crippen LogP contribution in [0.2, 0.25) is 0 Å². The first-order chi connectivity index (χ1) is 11.7. The number of hydrogen-bond acceptors (Lipinski definition) is 5. The maximum Gasteiger partial charge on any atom is 0.172 e. The molecule has 2 aromatic rings. The minimum Gasteiger partial charge on any atom is -0.493 e. The molecule has 0 unspecified atom stereocenters. The summed E-state index contributed by atoms with van der Waals surface area (Å²) in [4.78, 5) is 4.48. The Kier molecular flexibility index (Phi) is 3.90. The van der Waals surface area contributed by atoms with Crippen LogP contribution in [0.4, 0.5) is 0 Å². The Hall–Kier alpha value is -2.11. The number of aromatic nitrogens is 1. The third-order valence-corrected chi connectivity index (χ3v) is 4.84. The Morgan fingerprint density at radius 1 is 1.08 bits per heavy atom. The molecular formula is C19H21NO4. The summed E-state index contributed by atoms with van der Waals surface area (Å²) in [7, 11) is 3.29. The Morgan fingerprint density at radius 3 is 2.50 bits per heavy atom. The fourth-order valence-corrected chi connectivity index (χ4v) is 3.56. The lowest BCUT2D eigenvalue weighted by molar-refractivity contribution is -0.159. The van der Waals surface area contributed by atoms with E-state index in [9.17, 15) is 0 Å². The molecule has 1 aromatic carbocycles. The van der Waals surface area contributed by atoms with Gasteiger partial charge >= 0.3 is 0 Å². The molecule has 1 fully saturated rings. The first kappa shape index (κ1) is 15.4. The molecule has 0 amide bonds. The van der Waals surface area contributed by atoms with Crippen LogP contribution in [-0.2, 0) is 9.47 Å². The van der Waals surface area contributed by atoms with Gasteiger partial charge in [0.25, 0.3) is 0 Å². The lowest BCUT2D eigenvalue weighted by Gasteiger charge is -2.31. The zero-order valence-corrected chi connectivity index (χ0v) is 14.0. The highest BCUT2D eigenvalue weighted by atomic mass is 16.7. The standard InChI is InChI=1S/C19H21NO4/c1-21-17-11-15-14(5-8-20-16(15)12-18(17)22-2)13-3-6-19(7-4-13)23-9-10-24-19/h3,5,8,11-12H,4,6-7,9-10H2,1-2H3. The molecule has 0 saturated carbocycles. The molecular weight excluding hydrogens is 306 g/mol. The highest BCUT2D eigenvalue weighted by Crippen LogP contribution is 2.41. The van der Waals surface area contributed by atoms with Crippen LogP contribution >= 0.6 is 0 Å². The van der Waals surface area contributed by atoms with Crippen LogP contribution in [0.15, 0.2) is 30.5 Å². The maximum absolute atomic E-state index is 5.80. The van der Waals surface area contributed by atoms with E-state index in [4.69, 9.17) is 18.9 Å². The first-order valence-corrected chi connectivity index (χ1v) is 8.23. The predicted molar refractivity (Wildman–Crippen MR) is 91.3 cm³/mol. The van der Waals surface area contributed by atoms with Gasteiger partial charge in [-0.3, -0.25) is 4.98 Å². The number of benzene rings is 1. The van der Waals surface area contributed by atoms with E-state index in [0.717, 1.165) is 35.9 Å². The summed E-state index contributed by atoms with van der Waals surface area (Å²) in [5.41, 5.74) is 3.40. The van der Waals surface area contributed by atoms with Gasteiger partial charge in [0.1, 0.15) is 0 Å². The van der Waals surface area contributed by atoms with Crippen LogP contribution in [0.5, 0.6) is 11.5 Å². The molecule has 5 heteroatoms. The van der Waals surface area contributed by atoms with Crippen molar-refractivity contribution < 1.29 is 18.9 Å². The van der Waals surface area contributed by atoms with Crippen molar-refractivity contribution in [1.29, 1.82) is 0 Å². The average molecular weight is 327 g/mol. The van der Waals surface area contributed by atoms with Gasteiger partial charge in [-0.25, -0.2) is 0 Å². The molecule has 1 aliphatic carbocycles. The average Bonchev–Trinajstić information content (AvgIpc) is 3.08. The molecule has 4 rings (SSSR count). The number of rotatable bonds is 3. The highest BCUT2D eigenvalue weighted by molar-refractivity contribution is 5.93. The summed E-state index contributed by atoms with van der Waals surface area (Å²) in [6.07, 6.45) is 6.68. The molecule has 126 valence electrons. The van der Waals surface area contributed by atoms with Crippen LogP contribution in [0.25, 0.3) is 16.5 Å². The van der Waals surface area contributed by atoms with Crippen LogP contribution in [0.1, 0.15) is 24.8 Å². The number of allylic oxidation sites excluding steroid dienone is 1. The molecule has 1 aromatic heterocycles. The van der Waals surface area contributed by atoms with E-state index < -0.39 is 5.79 Å². The summed E-state index contributed by atoms with van der Waals surface area (Å²) < 4.78 is 22.4. The lowest BCUT2D eigenvalue weighted by Crippen LogP contribution is -2.31. The Bertz CT molecular complexity index is 793. The molecule has 0 radical (unpaired) electrons. The molecule has 2 aliphatic rings. The molecule has 0 atom stereocenters. The number of hydrogen-bond donors (Lipinski definition) is 0. The molecule has 0 bridgehead atoms. The molecule has 5 nitrogen and oxygen atoms in total. The van der Waals surface area contributed by atoms with E-state index in [0.29, 0.717) is 19.0 Å². The fourth-order valence-electron chi connectivity index (χ4n) is 3.56. The van der Waals surface area contributed by atoms with Gasteiger partial charge in [-0.1, -0.05) is 6.08 Å². The highest BCUT2D eigenvalue weighted by Gasteiger charge is 2.37. The quantitative estimate of drug-likeness (QED) is 0.863. The largest absolute Gasteiger partial charge is 0.493 e. The molecule has 1 aliphatic heterocycles. The number of pyridine rings is 1. The third-order valence-electron chi connectivity index (χ3n) is 4.84. The molecule has 24 heavy (non-hydrogen) atoms. The van der Waals surface area contributed by atoms with Crippen molar-refractivity contribution in [2.75, 3.05) is 27.4 Å². The predicted octanol–water partition coefficient (Wildman–Crippen LogP) is 3.56. The summed E-state index contributed by atoms with van der Waals surface area (Å²) >= 11 is 0. The van der Waals surface area contributed by atoms with Crippen molar-refractivity contribution in [1.82, 2.24) is 4.98 Å². The van der Waals surface area contributed by atoms with E-state index in [2.05, 4.69) is 17.1 Å². The number of ether oxygens (including phenoxy) is 4. The number of fused-ring (bicyclic) bond motifs is 1. The summed E-state index contributed by atoms with van der Waals surface area (Å²) in [5.74, 6) is 1.02. The van der Waals surface area contributed by atoms with E-state index in [1.807, 2.05) is 18.3 Å². The van der Waals surface area contributed by atoms with Crippen molar-refractivity contribution in [3.05, 3.63) is 36.0 Å². The van der Waals surface area contributed by atoms with E-state index in [1.165, 1.54) is 11.1 Å². The third kappa shape index (κ3) is 2.54. The van der Waals surface area contributed by atoms with Crippen LogP contribution in [-0.4, -0.2) is 38.2 Å². The molecule has 2 heterocycles. The van der Waals surface area contributed by atoms with Gasteiger partial charge in [-0.15, -0.1) is 0 Å². The van der Waals surface area contributed by atoms with Crippen molar-refractivity contribution in [2.45, 2.75) is 25.0 Å². The van der Waals surface area contributed by atoms with E-state index >= 15 is 0 Å². The molecule has 1 spiro atoms. The smallest absolute Gasteiger partial charge is 0.172 e. The summed E-state index contributed by atoms with van der Waals surface area (Å²) in [6, 6.07) is 5.99. The number of methoxy groups -OCH3 is 2. The number of nitrogens with zero attached hydrogens (tertiary/aromatic N) is 1. The SMILES string of the molecule is COc1cc2nccc(C3=CCC4(CC3)OCCO4)c2cc1OC. The van der Waals surface area contributed by atoms with Gasteiger partial charge in [0.15, 0.2) is 17.3 Å². The normalized spacial score (nSPS) is 19.5. The topological polar surface area (TPSA) is 49.8 Å². The second kappa shape index (κ2) is 6.07. The van der Waals surface area contributed by atoms with E-state index in [-0.39, 0.29) is 0 Å². The maximum atomic E-state index is 5.80. The summed E-state index contributed by atoms with van der Waals surface area (Å²) in [6.45, 7) is 1.39. The van der Waals surface area contributed by atoms with Crippen molar-refractivity contribution in [3.63, 3.8) is 0 Å². The Labute approximate surface area is 141 Å². The Balaban J connectivity index is 1.75. The van der Waals surface area contributed by atoms with Crippen molar-refractivity contribution in [2.24, 2.45) is 0 Å². The minimum absolute atomic E-state index is 0.396. The van der Waals surface area contributed by atoms with Gasteiger partial charge in [0.2, 0.25) is 0 Å². The molecule has 0 N–H and O–H groups in total. The summed E-state index contributed by atoms with van der Waals surface area (Å²) in [5, 5.41) is 1.07. The minimum atomic E-state index is -0.396. The second-order valence-corrected chi connectivity index (χ2v) is 6.12. The monoisotopic (exact) mass is 327 g/mol. The van der Waals surface area contributed by atoms with Crippen LogP contribution in [0.3, 0.4) is 0 Å². The lowest BCUT2D eigenvalue weighted by atomic mass is 9.88. The van der Waals surface area contributed by atoms with Gasteiger partial charge in [-0.2, -0.15) is 0 Å². The van der Waals surface area contributed by atoms with Crippen LogP contribution < -0.4 is 9.47 Å². The van der Waals surface area contributed by atoms with Gasteiger partial charge in [0, 0.05) is 30.5 Å². The molecule has 1 saturated heterocycles. The van der Waals surface area contributed by atoms with Crippen molar-refractivity contribution >= 4 is 16.5 Å². The first-order valence-electron chi connectivity index (χ1n) is 8.23. The zero-order valence-electron chi connectivity index (χ0n) is 14.0.